The van der Waals surface area contributed by atoms with Crippen molar-refractivity contribution in [3.8, 4) is 11.5 Å². The Hall–Kier alpha value is -2.83. The minimum Gasteiger partial charge on any atom is -0.488 e. The van der Waals surface area contributed by atoms with E-state index >= 15 is 0 Å². The van der Waals surface area contributed by atoms with E-state index in [-0.39, 0.29) is 22.8 Å². The summed E-state index contributed by atoms with van der Waals surface area (Å²) in [4.78, 5) is 23.9. The van der Waals surface area contributed by atoms with Crippen LogP contribution in [0.3, 0.4) is 0 Å². The van der Waals surface area contributed by atoms with Crippen molar-refractivity contribution in [2.75, 3.05) is 13.2 Å². The molecule has 0 saturated carbocycles. The Balaban J connectivity index is 1.54. The number of hydrogen-bond acceptors (Lipinski definition) is 5. The highest BCUT2D eigenvalue weighted by atomic mass is 16.5. The summed E-state index contributed by atoms with van der Waals surface area (Å²) in [5.41, 5.74) is 0.902. The predicted molar refractivity (Wildman–Crippen MR) is 101 cm³/mol. The molecule has 0 unspecified atom stereocenters. The summed E-state index contributed by atoms with van der Waals surface area (Å²) in [6, 6.07) is 8.64. The van der Waals surface area contributed by atoms with Crippen LogP contribution in [-0.2, 0) is 13.0 Å². The molecular weight excluding hydrogens is 346 g/mol. The van der Waals surface area contributed by atoms with Crippen LogP contribution in [0.1, 0.15) is 43.2 Å². The molecule has 1 aromatic carbocycles. The third-order valence-electron chi connectivity index (χ3n) is 4.23. The van der Waals surface area contributed by atoms with Gasteiger partial charge in [-0.3, -0.25) is 9.59 Å². The third kappa shape index (κ3) is 4.48. The van der Waals surface area contributed by atoms with Crippen LogP contribution < -0.4 is 20.3 Å². The van der Waals surface area contributed by atoms with Gasteiger partial charge in [-0.2, -0.15) is 5.10 Å². The largest absolute Gasteiger partial charge is 0.488 e. The average Bonchev–Trinajstić information content (AvgIpc) is 2.95. The molecule has 0 aliphatic carbocycles. The number of aryl methyl sites for hydroxylation is 1. The molecule has 0 bridgehead atoms. The molecule has 2 aromatic rings. The number of para-hydroxylation sites is 1. The van der Waals surface area contributed by atoms with E-state index in [2.05, 4.69) is 10.4 Å². The molecule has 1 aliphatic heterocycles. The number of nitrogens with zero attached hydrogens (tertiary/aromatic N) is 2. The van der Waals surface area contributed by atoms with E-state index in [4.69, 9.17) is 9.47 Å². The third-order valence-corrected chi connectivity index (χ3v) is 4.23. The molecule has 1 amide bonds. The molecule has 144 valence electrons. The van der Waals surface area contributed by atoms with E-state index in [1.165, 1.54) is 16.8 Å². The SMILES string of the molecule is CCCn1nc(C(=O)NCCOc2cccc3c2OC(C)(C)C3)ccc1=O. The summed E-state index contributed by atoms with van der Waals surface area (Å²) in [7, 11) is 0. The summed E-state index contributed by atoms with van der Waals surface area (Å²) in [6.07, 6.45) is 1.61. The van der Waals surface area contributed by atoms with Gasteiger partial charge in [-0.15, -0.1) is 0 Å². The van der Waals surface area contributed by atoms with Crippen LogP contribution in [0.15, 0.2) is 35.1 Å². The fourth-order valence-electron chi connectivity index (χ4n) is 3.06. The molecule has 2 heterocycles. The topological polar surface area (TPSA) is 82.5 Å². The average molecular weight is 371 g/mol. The Bertz CT molecular complexity index is 889. The molecule has 3 rings (SSSR count). The number of hydrogen-bond donors (Lipinski definition) is 1. The van der Waals surface area contributed by atoms with Gasteiger partial charge in [0.05, 0.1) is 6.54 Å². The molecule has 1 aliphatic rings. The molecule has 0 saturated heterocycles. The second-order valence-corrected chi connectivity index (χ2v) is 7.17. The number of amides is 1. The van der Waals surface area contributed by atoms with Gasteiger partial charge < -0.3 is 14.8 Å². The van der Waals surface area contributed by atoms with Crippen LogP contribution in [0.25, 0.3) is 0 Å². The van der Waals surface area contributed by atoms with Gasteiger partial charge in [-0.1, -0.05) is 19.1 Å². The van der Waals surface area contributed by atoms with Crippen molar-refractivity contribution in [1.29, 1.82) is 0 Å². The van der Waals surface area contributed by atoms with Crippen LogP contribution in [0.4, 0.5) is 0 Å². The number of carbonyl (C=O) groups excluding carboxylic acids is 1. The number of ether oxygens (including phenoxy) is 2. The Kier molecular flexibility index (Phi) is 5.48. The highest BCUT2D eigenvalue weighted by Crippen LogP contribution is 2.41. The molecule has 7 nitrogen and oxygen atoms in total. The van der Waals surface area contributed by atoms with Crippen LogP contribution in [0.2, 0.25) is 0 Å². The normalized spacial score (nSPS) is 14.3. The van der Waals surface area contributed by atoms with Gasteiger partial charge in [0.1, 0.15) is 17.9 Å². The first kappa shape index (κ1) is 18.9. The Morgan fingerprint density at radius 1 is 1.33 bits per heavy atom. The van der Waals surface area contributed by atoms with Crippen molar-refractivity contribution >= 4 is 5.91 Å². The van der Waals surface area contributed by atoms with Crippen molar-refractivity contribution in [3.63, 3.8) is 0 Å². The lowest BCUT2D eigenvalue weighted by Gasteiger charge is -2.18. The molecular formula is C20H25N3O4. The number of nitrogens with one attached hydrogen (secondary N) is 1. The highest BCUT2D eigenvalue weighted by Gasteiger charge is 2.32. The lowest BCUT2D eigenvalue weighted by Crippen LogP contribution is -2.32. The molecule has 0 fully saturated rings. The van der Waals surface area contributed by atoms with Gasteiger partial charge in [0.25, 0.3) is 11.5 Å². The summed E-state index contributed by atoms with van der Waals surface area (Å²) in [5.74, 6) is 1.13. The molecule has 1 aromatic heterocycles. The molecule has 7 heteroatoms. The lowest BCUT2D eigenvalue weighted by atomic mass is 10.0. The van der Waals surface area contributed by atoms with Gasteiger partial charge in [0, 0.05) is 24.6 Å². The van der Waals surface area contributed by atoms with Crippen molar-refractivity contribution in [2.24, 2.45) is 0 Å². The first-order chi connectivity index (χ1) is 12.9. The van der Waals surface area contributed by atoms with Gasteiger partial charge in [-0.25, -0.2) is 4.68 Å². The monoisotopic (exact) mass is 371 g/mol. The van der Waals surface area contributed by atoms with E-state index < -0.39 is 0 Å². The van der Waals surface area contributed by atoms with Gasteiger partial charge in [-0.05, 0) is 32.4 Å². The maximum Gasteiger partial charge on any atom is 0.271 e. The highest BCUT2D eigenvalue weighted by molar-refractivity contribution is 5.91. The van der Waals surface area contributed by atoms with Crippen molar-refractivity contribution < 1.29 is 14.3 Å². The Morgan fingerprint density at radius 3 is 2.93 bits per heavy atom. The second kappa shape index (κ2) is 7.82. The Labute approximate surface area is 158 Å². The van der Waals surface area contributed by atoms with E-state index in [0.29, 0.717) is 25.4 Å². The van der Waals surface area contributed by atoms with Crippen molar-refractivity contribution in [2.45, 2.75) is 45.8 Å². The summed E-state index contributed by atoms with van der Waals surface area (Å²) in [6.45, 7) is 7.15. The smallest absolute Gasteiger partial charge is 0.271 e. The van der Waals surface area contributed by atoms with Crippen LogP contribution >= 0.6 is 0 Å². The van der Waals surface area contributed by atoms with E-state index in [0.717, 1.165) is 24.2 Å². The van der Waals surface area contributed by atoms with Crippen LogP contribution in [0.5, 0.6) is 11.5 Å². The van der Waals surface area contributed by atoms with Gasteiger partial charge in [0.15, 0.2) is 11.5 Å². The maximum atomic E-state index is 12.2. The molecule has 0 radical (unpaired) electrons. The van der Waals surface area contributed by atoms with E-state index in [1.54, 1.807) is 0 Å². The summed E-state index contributed by atoms with van der Waals surface area (Å²) in [5, 5.41) is 6.85. The van der Waals surface area contributed by atoms with Crippen LogP contribution in [-0.4, -0.2) is 34.4 Å². The van der Waals surface area contributed by atoms with Crippen LogP contribution in [0, 0.1) is 0 Å². The fraction of sp³-hybridized carbons (Fsp3) is 0.450. The number of carbonyl (C=O) groups is 1. The number of fused-ring (bicyclic) bond motifs is 1. The quantitative estimate of drug-likeness (QED) is 0.755. The zero-order valence-electron chi connectivity index (χ0n) is 15.9. The number of benzene rings is 1. The zero-order chi connectivity index (χ0) is 19.4. The van der Waals surface area contributed by atoms with Gasteiger partial charge >= 0.3 is 0 Å². The zero-order valence-corrected chi connectivity index (χ0v) is 15.9. The predicted octanol–water partition coefficient (Wildman–Crippen LogP) is 2.18. The fourth-order valence-corrected chi connectivity index (χ4v) is 3.06. The lowest BCUT2D eigenvalue weighted by molar-refractivity contribution is 0.0938. The summed E-state index contributed by atoms with van der Waals surface area (Å²) >= 11 is 0. The first-order valence-electron chi connectivity index (χ1n) is 9.20. The van der Waals surface area contributed by atoms with E-state index in [1.807, 2.05) is 39.0 Å². The van der Waals surface area contributed by atoms with E-state index in [9.17, 15) is 9.59 Å². The second-order valence-electron chi connectivity index (χ2n) is 7.17. The standard InChI is InChI=1S/C20H25N3O4/c1-4-11-23-17(24)9-8-15(22-23)19(25)21-10-12-26-16-7-5-6-14-13-20(2,3)27-18(14)16/h5-9H,4,10-13H2,1-3H3,(H,21,25). The van der Waals surface area contributed by atoms with Gasteiger partial charge in [0.2, 0.25) is 0 Å². The maximum absolute atomic E-state index is 12.2. The molecule has 27 heavy (non-hydrogen) atoms. The minimum absolute atomic E-state index is 0.211. The molecule has 0 spiro atoms. The number of aromatic nitrogens is 2. The minimum atomic E-state index is -0.334. The Morgan fingerprint density at radius 2 is 2.15 bits per heavy atom. The molecule has 1 N–H and O–H groups in total. The summed E-state index contributed by atoms with van der Waals surface area (Å²) < 4.78 is 13.1. The number of rotatable bonds is 7. The van der Waals surface area contributed by atoms with Crippen molar-refractivity contribution in [1.82, 2.24) is 15.1 Å². The molecule has 0 atom stereocenters. The van der Waals surface area contributed by atoms with Crippen molar-refractivity contribution in [3.05, 3.63) is 51.9 Å². The first-order valence-corrected chi connectivity index (χ1v) is 9.20.